The number of hydrogen-bond donors (Lipinski definition) is 2. The van der Waals surface area contributed by atoms with E-state index < -0.39 is 6.09 Å². The van der Waals surface area contributed by atoms with Gasteiger partial charge in [-0.1, -0.05) is 30.3 Å². The minimum atomic E-state index is -1.10. The van der Waals surface area contributed by atoms with Crippen LogP contribution >= 0.6 is 0 Å². The van der Waals surface area contributed by atoms with Crippen molar-refractivity contribution in [1.82, 2.24) is 10.2 Å². The Balaban J connectivity index is 1.74. The molecule has 0 unspecified atom stereocenters. The summed E-state index contributed by atoms with van der Waals surface area (Å²) in [6.07, 6.45) is -0.799. The van der Waals surface area contributed by atoms with Crippen molar-refractivity contribution in [2.45, 2.75) is 18.7 Å². The number of carboxylic acid groups (broad SMARTS) is 1. The molecule has 2 fully saturated rings. The second-order valence-electron chi connectivity index (χ2n) is 5.11. The van der Waals surface area contributed by atoms with Crippen molar-refractivity contribution in [2.75, 3.05) is 13.2 Å². The van der Waals surface area contributed by atoms with Crippen LogP contribution in [0.25, 0.3) is 0 Å². The van der Waals surface area contributed by atoms with Gasteiger partial charge in [0, 0.05) is 12.1 Å². The Morgan fingerprint density at radius 2 is 2.15 bits per heavy atom. The van der Waals surface area contributed by atoms with Crippen molar-refractivity contribution in [3.05, 3.63) is 35.9 Å². The first-order chi connectivity index (χ1) is 9.66. The number of hydrogen-bond acceptors (Lipinski definition) is 3. The highest BCUT2D eigenvalue weighted by Crippen LogP contribution is 2.39. The molecule has 2 aliphatic heterocycles. The molecule has 20 heavy (non-hydrogen) atoms. The molecule has 0 radical (unpaired) electrons. The second kappa shape index (κ2) is 5.13. The zero-order valence-electron chi connectivity index (χ0n) is 10.9. The van der Waals surface area contributed by atoms with Crippen LogP contribution in [0.5, 0.6) is 0 Å². The number of rotatable bonds is 3. The molecule has 106 valence electrons. The third-order valence-electron chi connectivity index (χ3n) is 3.84. The fourth-order valence-corrected chi connectivity index (χ4v) is 2.93. The molecular weight excluding hydrogens is 260 g/mol. The third kappa shape index (κ3) is 2.22. The molecule has 0 saturated carbocycles. The molecule has 2 heterocycles. The molecule has 6 heteroatoms. The van der Waals surface area contributed by atoms with E-state index in [1.54, 1.807) is 4.90 Å². The van der Waals surface area contributed by atoms with Gasteiger partial charge in [0.1, 0.15) is 0 Å². The number of amides is 2. The molecule has 0 aliphatic carbocycles. The zero-order valence-corrected chi connectivity index (χ0v) is 10.9. The number of ether oxygens (including phenoxy) is 1. The SMILES string of the molecule is O=C(O)NC[C@@H]1C[C@@H]2CO[C@@H](c3ccccc3)N2C1=O. The molecule has 0 spiro atoms. The van der Waals surface area contributed by atoms with Crippen molar-refractivity contribution < 1.29 is 19.4 Å². The van der Waals surface area contributed by atoms with Crippen LogP contribution in [-0.2, 0) is 9.53 Å². The summed E-state index contributed by atoms with van der Waals surface area (Å²) in [5.41, 5.74) is 0.954. The maximum Gasteiger partial charge on any atom is 0.404 e. The fraction of sp³-hybridized carbons (Fsp3) is 0.429. The van der Waals surface area contributed by atoms with Crippen molar-refractivity contribution in [3.8, 4) is 0 Å². The van der Waals surface area contributed by atoms with Crippen LogP contribution < -0.4 is 5.32 Å². The Morgan fingerprint density at radius 1 is 1.40 bits per heavy atom. The quantitative estimate of drug-likeness (QED) is 0.869. The monoisotopic (exact) mass is 276 g/mol. The van der Waals surface area contributed by atoms with E-state index in [1.807, 2.05) is 30.3 Å². The van der Waals surface area contributed by atoms with Gasteiger partial charge >= 0.3 is 6.09 Å². The minimum Gasteiger partial charge on any atom is -0.465 e. The van der Waals surface area contributed by atoms with Gasteiger partial charge in [0.05, 0.1) is 18.6 Å². The van der Waals surface area contributed by atoms with Gasteiger partial charge in [-0.3, -0.25) is 4.79 Å². The van der Waals surface area contributed by atoms with E-state index >= 15 is 0 Å². The average molecular weight is 276 g/mol. The van der Waals surface area contributed by atoms with E-state index in [1.165, 1.54) is 0 Å². The van der Waals surface area contributed by atoms with Crippen molar-refractivity contribution in [1.29, 1.82) is 0 Å². The number of nitrogens with one attached hydrogen (secondary N) is 1. The van der Waals surface area contributed by atoms with Crippen LogP contribution in [-0.4, -0.2) is 41.2 Å². The number of carbonyl (C=O) groups is 2. The van der Waals surface area contributed by atoms with Gasteiger partial charge < -0.3 is 20.1 Å². The van der Waals surface area contributed by atoms with Crippen LogP contribution in [0.15, 0.2) is 30.3 Å². The normalized spacial score (nSPS) is 28.5. The number of carbonyl (C=O) groups excluding carboxylic acids is 1. The predicted octanol–water partition coefficient (Wildman–Crippen LogP) is 1.20. The summed E-state index contributed by atoms with van der Waals surface area (Å²) < 4.78 is 5.72. The van der Waals surface area contributed by atoms with Crippen molar-refractivity contribution in [3.63, 3.8) is 0 Å². The molecule has 0 bridgehead atoms. The van der Waals surface area contributed by atoms with E-state index in [0.717, 1.165) is 5.56 Å². The summed E-state index contributed by atoms with van der Waals surface area (Å²) in [5.74, 6) is -0.318. The van der Waals surface area contributed by atoms with Gasteiger partial charge in [0.15, 0.2) is 6.23 Å². The van der Waals surface area contributed by atoms with Gasteiger partial charge in [0.25, 0.3) is 0 Å². The third-order valence-corrected chi connectivity index (χ3v) is 3.84. The van der Waals surface area contributed by atoms with E-state index in [0.29, 0.717) is 13.0 Å². The molecule has 3 rings (SSSR count). The van der Waals surface area contributed by atoms with E-state index in [4.69, 9.17) is 9.84 Å². The topological polar surface area (TPSA) is 78.9 Å². The van der Waals surface area contributed by atoms with Crippen LogP contribution in [0.3, 0.4) is 0 Å². The van der Waals surface area contributed by atoms with Crippen molar-refractivity contribution in [2.24, 2.45) is 5.92 Å². The molecule has 1 aromatic rings. The maximum atomic E-state index is 12.4. The Bertz CT molecular complexity index is 519. The van der Waals surface area contributed by atoms with Crippen LogP contribution in [0.1, 0.15) is 18.2 Å². The largest absolute Gasteiger partial charge is 0.465 e. The molecule has 2 saturated heterocycles. The lowest BCUT2D eigenvalue weighted by Crippen LogP contribution is -2.35. The highest BCUT2D eigenvalue weighted by Gasteiger charge is 2.48. The van der Waals surface area contributed by atoms with E-state index in [2.05, 4.69) is 5.32 Å². The molecule has 0 aromatic heterocycles. The Labute approximate surface area is 116 Å². The number of fused-ring (bicyclic) bond motifs is 1. The van der Waals surface area contributed by atoms with Gasteiger partial charge in [0.2, 0.25) is 5.91 Å². The van der Waals surface area contributed by atoms with Gasteiger partial charge in [-0.25, -0.2) is 4.79 Å². The highest BCUT2D eigenvalue weighted by molar-refractivity contribution is 5.83. The molecule has 6 nitrogen and oxygen atoms in total. The lowest BCUT2D eigenvalue weighted by atomic mass is 10.1. The molecule has 3 atom stereocenters. The summed E-state index contributed by atoms with van der Waals surface area (Å²) in [5, 5.41) is 10.9. The molecule has 1 aromatic carbocycles. The Hall–Kier alpha value is -2.08. The standard InChI is InChI=1S/C14H16N2O4/c17-12-10(7-15-14(18)19)6-11-8-20-13(16(11)12)9-4-2-1-3-5-9/h1-5,10-11,13,15H,6-8H2,(H,18,19)/t10-,11+,13-/m0/s1. The Morgan fingerprint density at radius 3 is 2.85 bits per heavy atom. The summed E-state index contributed by atoms with van der Waals surface area (Å²) in [7, 11) is 0. The molecule has 2 amide bonds. The lowest BCUT2D eigenvalue weighted by molar-refractivity contribution is -0.137. The molecular formula is C14H16N2O4. The Kier molecular flexibility index (Phi) is 3.31. The number of nitrogens with zero attached hydrogens (tertiary/aromatic N) is 1. The molecule has 2 aliphatic rings. The lowest BCUT2D eigenvalue weighted by Gasteiger charge is -2.23. The van der Waals surface area contributed by atoms with E-state index in [9.17, 15) is 9.59 Å². The average Bonchev–Trinajstić information content (AvgIpc) is 2.98. The van der Waals surface area contributed by atoms with Crippen LogP contribution in [0.2, 0.25) is 0 Å². The van der Waals surface area contributed by atoms with Crippen molar-refractivity contribution >= 4 is 12.0 Å². The first-order valence-electron chi connectivity index (χ1n) is 6.62. The zero-order chi connectivity index (χ0) is 14.1. The van der Waals surface area contributed by atoms with E-state index in [-0.39, 0.29) is 30.6 Å². The minimum absolute atomic E-state index is 0.0323. The van der Waals surface area contributed by atoms with Crippen LogP contribution in [0, 0.1) is 5.92 Å². The maximum absolute atomic E-state index is 12.4. The first-order valence-corrected chi connectivity index (χ1v) is 6.62. The second-order valence-corrected chi connectivity index (χ2v) is 5.11. The highest BCUT2D eigenvalue weighted by atomic mass is 16.5. The van der Waals surface area contributed by atoms with Gasteiger partial charge in [-0.15, -0.1) is 0 Å². The summed E-state index contributed by atoms with van der Waals surface area (Å²) in [6, 6.07) is 9.66. The fourth-order valence-electron chi connectivity index (χ4n) is 2.93. The molecule has 2 N–H and O–H groups in total. The van der Waals surface area contributed by atoms with Gasteiger partial charge in [-0.2, -0.15) is 0 Å². The van der Waals surface area contributed by atoms with Gasteiger partial charge in [-0.05, 0) is 6.42 Å². The predicted molar refractivity (Wildman–Crippen MR) is 69.9 cm³/mol. The summed E-state index contributed by atoms with van der Waals surface area (Å²) in [6.45, 7) is 0.678. The number of benzene rings is 1. The van der Waals surface area contributed by atoms with Crippen LogP contribution in [0.4, 0.5) is 4.79 Å². The first kappa shape index (κ1) is 12.9. The smallest absolute Gasteiger partial charge is 0.404 e. The summed E-state index contributed by atoms with van der Waals surface area (Å²) in [4.78, 5) is 24.7. The summed E-state index contributed by atoms with van der Waals surface area (Å²) >= 11 is 0.